The van der Waals surface area contributed by atoms with Gasteiger partial charge in [0.2, 0.25) is 0 Å². The third-order valence-electron chi connectivity index (χ3n) is 11.5. The number of nitrogens with zero attached hydrogens (tertiary/aromatic N) is 1. The van der Waals surface area contributed by atoms with Gasteiger partial charge in [0.25, 0.3) is 0 Å². The van der Waals surface area contributed by atoms with E-state index in [0.29, 0.717) is 0 Å². The molecule has 0 amide bonds. The SMILES string of the molecule is C/C=C\C=C/c1cc(-c2ccc3oc4cc5ccccc5cc4c3c2)c2ccccc2c1-c1cccc(-c2ccc3c(c2)c2ccccc2n3-c2ccccc2)c1. The molecule has 0 fully saturated rings. The summed E-state index contributed by atoms with van der Waals surface area (Å²) in [4.78, 5) is 0. The van der Waals surface area contributed by atoms with E-state index in [4.69, 9.17) is 4.42 Å². The molecule has 11 rings (SSSR count). The average molecular weight is 728 g/mol. The first-order chi connectivity index (χ1) is 28.2. The standard InChI is InChI=1S/C55H37NO/c1-2-3-5-17-42-34-47(40-27-29-53-49(33-40)50-32-37-15-8-9-16-38(37)35-54(50)57-53)44-22-10-11-24-46(44)55(42)41-19-14-18-36(30-41)39-26-28-52-48(31-39)45-23-12-13-25-51(45)56(52)43-20-6-4-7-21-43/h2-35H,1H3/b3-2-,17-5-. The van der Waals surface area contributed by atoms with E-state index in [9.17, 15) is 0 Å². The van der Waals surface area contributed by atoms with Crippen LogP contribution in [0.4, 0.5) is 0 Å². The highest BCUT2D eigenvalue weighted by Crippen LogP contribution is 2.43. The molecule has 2 nitrogen and oxygen atoms in total. The number of rotatable bonds is 6. The summed E-state index contributed by atoms with van der Waals surface area (Å²) in [7, 11) is 0. The minimum Gasteiger partial charge on any atom is -0.456 e. The first kappa shape index (κ1) is 33.0. The molecule has 0 spiro atoms. The van der Waals surface area contributed by atoms with Crippen LogP contribution >= 0.6 is 0 Å². The summed E-state index contributed by atoms with van der Waals surface area (Å²) in [5.41, 5.74) is 13.7. The highest BCUT2D eigenvalue weighted by Gasteiger charge is 2.18. The average Bonchev–Trinajstić information content (AvgIpc) is 3.80. The largest absolute Gasteiger partial charge is 0.456 e. The molecule has 0 saturated heterocycles. The second-order valence-electron chi connectivity index (χ2n) is 14.8. The van der Waals surface area contributed by atoms with E-state index < -0.39 is 0 Å². The first-order valence-corrected chi connectivity index (χ1v) is 19.6. The molecule has 0 aliphatic rings. The molecule has 57 heavy (non-hydrogen) atoms. The Morgan fingerprint density at radius 2 is 1.09 bits per heavy atom. The van der Waals surface area contributed by atoms with E-state index in [-0.39, 0.29) is 0 Å². The number of para-hydroxylation sites is 2. The van der Waals surface area contributed by atoms with Crippen molar-refractivity contribution in [3.63, 3.8) is 0 Å². The van der Waals surface area contributed by atoms with E-state index in [1.165, 1.54) is 88.0 Å². The molecule has 2 heterocycles. The van der Waals surface area contributed by atoms with Gasteiger partial charge >= 0.3 is 0 Å². The van der Waals surface area contributed by atoms with Crippen LogP contribution in [0.15, 0.2) is 205 Å². The van der Waals surface area contributed by atoms with Crippen LogP contribution < -0.4 is 0 Å². The monoisotopic (exact) mass is 727 g/mol. The molecule has 0 aliphatic carbocycles. The summed E-state index contributed by atoms with van der Waals surface area (Å²) < 4.78 is 8.77. The van der Waals surface area contributed by atoms with Crippen molar-refractivity contribution in [1.82, 2.24) is 4.57 Å². The van der Waals surface area contributed by atoms with Gasteiger partial charge in [-0.05, 0) is 134 Å². The molecular formula is C55H37NO. The number of allylic oxidation sites excluding steroid dienone is 3. The van der Waals surface area contributed by atoms with Gasteiger partial charge in [-0.25, -0.2) is 0 Å². The zero-order chi connectivity index (χ0) is 37.9. The van der Waals surface area contributed by atoms with E-state index >= 15 is 0 Å². The number of fused-ring (bicyclic) bond motifs is 8. The summed E-state index contributed by atoms with van der Waals surface area (Å²) >= 11 is 0. The predicted molar refractivity (Wildman–Crippen MR) is 243 cm³/mol. The van der Waals surface area contributed by atoms with Crippen molar-refractivity contribution in [2.45, 2.75) is 6.92 Å². The molecule has 9 aromatic carbocycles. The number of furan rings is 1. The molecule has 2 heteroatoms. The zero-order valence-electron chi connectivity index (χ0n) is 31.5. The first-order valence-electron chi connectivity index (χ1n) is 19.6. The Hall–Kier alpha value is -7.42. The van der Waals surface area contributed by atoms with Gasteiger partial charge in [0, 0.05) is 27.2 Å². The van der Waals surface area contributed by atoms with Gasteiger partial charge in [0.05, 0.1) is 11.0 Å². The highest BCUT2D eigenvalue weighted by molar-refractivity contribution is 6.14. The Morgan fingerprint density at radius 3 is 1.95 bits per heavy atom. The molecule has 0 aliphatic heterocycles. The lowest BCUT2D eigenvalue weighted by molar-refractivity contribution is 0.669. The van der Waals surface area contributed by atoms with Gasteiger partial charge in [0.15, 0.2) is 0 Å². The maximum Gasteiger partial charge on any atom is 0.136 e. The van der Waals surface area contributed by atoms with Crippen molar-refractivity contribution < 1.29 is 4.42 Å². The van der Waals surface area contributed by atoms with Crippen LogP contribution in [0.3, 0.4) is 0 Å². The normalized spacial score (nSPS) is 12.2. The lowest BCUT2D eigenvalue weighted by Gasteiger charge is -2.17. The van der Waals surface area contributed by atoms with Crippen LogP contribution in [-0.4, -0.2) is 4.57 Å². The fourth-order valence-corrected chi connectivity index (χ4v) is 8.85. The van der Waals surface area contributed by atoms with Crippen molar-refractivity contribution >= 4 is 71.4 Å². The summed E-state index contributed by atoms with van der Waals surface area (Å²) in [6.07, 6.45) is 8.57. The van der Waals surface area contributed by atoms with Crippen LogP contribution in [0, 0.1) is 0 Å². The van der Waals surface area contributed by atoms with Crippen molar-refractivity contribution in [1.29, 1.82) is 0 Å². The van der Waals surface area contributed by atoms with E-state index in [1.54, 1.807) is 0 Å². The minimum absolute atomic E-state index is 0.901. The van der Waals surface area contributed by atoms with Crippen molar-refractivity contribution in [2.24, 2.45) is 0 Å². The smallest absolute Gasteiger partial charge is 0.136 e. The maximum atomic E-state index is 6.40. The molecular weight excluding hydrogens is 691 g/mol. The Bertz CT molecular complexity index is 3410. The lowest BCUT2D eigenvalue weighted by Crippen LogP contribution is -1.93. The molecule has 268 valence electrons. The summed E-state index contributed by atoms with van der Waals surface area (Å²) in [6, 6.07) is 66.1. The van der Waals surface area contributed by atoms with Crippen LogP contribution in [-0.2, 0) is 0 Å². The Balaban J connectivity index is 1.08. The summed E-state index contributed by atoms with van der Waals surface area (Å²) in [5, 5.41) is 9.60. The Morgan fingerprint density at radius 1 is 0.421 bits per heavy atom. The van der Waals surface area contributed by atoms with Gasteiger partial charge in [-0.2, -0.15) is 0 Å². The molecule has 11 aromatic rings. The van der Waals surface area contributed by atoms with Crippen molar-refractivity contribution in [3.8, 4) is 39.1 Å². The summed E-state index contributed by atoms with van der Waals surface area (Å²) in [5.74, 6) is 0. The van der Waals surface area contributed by atoms with Gasteiger partial charge in [-0.3, -0.25) is 0 Å². The third kappa shape index (κ3) is 5.49. The molecule has 0 N–H and O–H groups in total. The Labute approximate surface area is 330 Å². The van der Waals surface area contributed by atoms with Crippen molar-refractivity contribution in [3.05, 3.63) is 206 Å². The predicted octanol–water partition coefficient (Wildman–Crippen LogP) is 15.6. The van der Waals surface area contributed by atoms with E-state index in [2.05, 4.69) is 218 Å². The zero-order valence-corrected chi connectivity index (χ0v) is 31.5. The van der Waals surface area contributed by atoms with E-state index in [0.717, 1.165) is 21.9 Å². The van der Waals surface area contributed by atoms with Crippen molar-refractivity contribution in [2.75, 3.05) is 0 Å². The quantitative estimate of drug-likeness (QED) is 0.156. The minimum atomic E-state index is 0.901. The molecule has 0 unspecified atom stereocenters. The number of hydrogen-bond acceptors (Lipinski definition) is 1. The lowest BCUT2D eigenvalue weighted by atomic mass is 9.86. The van der Waals surface area contributed by atoms with E-state index in [1.807, 2.05) is 0 Å². The number of aromatic nitrogens is 1. The van der Waals surface area contributed by atoms with Gasteiger partial charge in [0.1, 0.15) is 11.2 Å². The van der Waals surface area contributed by atoms with Crippen LogP contribution in [0.2, 0.25) is 0 Å². The fraction of sp³-hybridized carbons (Fsp3) is 0.0182. The summed E-state index contributed by atoms with van der Waals surface area (Å²) in [6.45, 7) is 2.06. The number of hydrogen-bond donors (Lipinski definition) is 0. The molecule has 0 bridgehead atoms. The van der Waals surface area contributed by atoms with Crippen LogP contribution in [0.5, 0.6) is 0 Å². The number of benzene rings is 9. The maximum absolute atomic E-state index is 6.40. The third-order valence-corrected chi connectivity index (χ3v) is 11.5. The molecule has 2 aromatic heterocycles. The topological polar surface area (TPSA) is 18.1 Å². The van der Waals surface area contributed by atoms with Crippen LogP contribution in [0.1, 0.15) is 12.5 Å². The second kappa shape index (κ2) is 13.4. The van der Waals surface area contributed by atoms with Gasteiger partial charge < -0.3 is 8.98 Å². The molecule has 0 atom stereocenters. The van der Waals surface area contributed by atoms with Gasteiger partial charge in [-0.15, -0.1) is 0 Å². The molecule has 0 saturated carbocycles. The molecule has 0 radical (unpaired) electrons. The highest BCUT2D eigenvalue weighted by atomic mass is 16.3. The fourth-order valence-electron chi connectivity index (χ4n) is 8.85. The van der Waals surface area contributed by atoms with Gasteiger partial charge in [-0.1, -0.05) is 140 Å². The second-order valence-corrected chi connectivity index (χ2v) is 14.8. The Kier molecular flexibility index (Phi) is 7.75. The van der Waals surface area contributed by atoms with Crippen LogP contribution in [0.25, 0.3) is 110 Å².